The highest BCUT2D eigenvalue weighted by Crippen LogP contribution is 2.39. The standard InChI is InChI=1S/C21H16Cl2N2O5S/c1-2-29-21(28)19-16(10-17(31-19)13-7-6-12(22)9-14(13)23)25-18(26)11-30-20(27)15-5-3-4-8-24-15/h3-10H,2,11H2,1H3,(H,25,26). The lowest BCUT2D eigenvalue weighted by Crippen LogP contribution is -2.22. The molecule has 2 heterocycles. The quantitative estimate of drug-likeness (QED) is 0.475. The molecule has 0 saturated carbocycles. The zero-order valence-corrected chi connectivity index (χ0v) is 18.5. The van der Waals surface area contributed by atoms with Crippen LogP contribution in [0.1, 0.15) is 27.1 Å². The molecule has 0 aliphatic rings. The largest absolute Gasteiger partial charge is 0.462 e. The summed E-state index contributed by atoms with van der Waals surface area (Å²) >= 11 is 13.3. The minimum atomic E-state index is -0.736. The SMILES string of the molecule is CCOC(=O)c1sc(-c2ccc(Cl)cc2Cl)cc1NC(=O)COC(=O)c1ccccn1. The molecule has 3 aromatic rings. The average molecular weight is 479 g/mol. The van der Waals surface area contributed by atoms with Crippen LogP contribution in [0.2, 0.25) is 10.0 Å². The molecule has 0 aliphatic heterocycles. The highest BCUT2D eigenvalue weighted by Gasteiger charge is 2.21. The normalized spacial score (nSPS) is 10.4. The zero-order chi connectivity index (χ0) is 22.4. The lowest BCUT2D eigenvalue weighted by atomic mass is 10.2. The van der Waals surface area contributed by atoms with Crippen LogP contribution in [0.25, 0.3) is 10.4 Å². The highest BCUT2D eigenvalue weighted by molar-refractivity contribution is 7.18. The topological polar surface area (TPSA) is 94.6 Å². The van der Waals surface area contributed by atoms with Crippen molar-refractivity contribution in [2.75, 3.05) is 18.5 Å². The van der Waals surface area contributed by atoms with Gasteiger partial charge in [0.2, 0.25) is 0 Å². The fraction of sp³-hybridized carbons (Fsp3) is 0.143. The van der Waals surface area contributed by atoms with Crippen molar-refractivity contribution < 1.29 is 23.9 Å². The smallest absolute Gasteiger partial charge is 0.357 e. The maximum Gasteiger partial charge on any atom is 0.357 e. The molecule has 7 nitrogen and oxygen atoms in total. The molecule has 3 rings (SSSR count). The summed E-state index contributed by atoms with van der Waals surface area (Å²) in [6.45, 7) is 1.30. The lowest BCUT2D eigenvalue weighted by Gasteiger charge is -2.07. The first-order chi connectivity index (χ1) is 14.9. The predicted molar refractivity (Wildman–Crippen MR) is 119 cm³/mol. The van der Waals surface area contributed by atoms with Crippen molar-refractivity contribution in [2.24, 2.45) is 0 Å². The second kappa shape index (κ2) is 10.4. The highest BCUT2D eigenvalue weighted by atomic mass is 35.5. The molecule has 1 aromatic carbocycles. The van der Waals surface area contributed by atoms with Crippen LogP contribution < -0.4 is 5.32 Å². The summed E-state index contributed by atoms with van der Waals surface area (Å²) in [5, 5.41) is 3.45. The van der Waals surface area contributed by atoms with E-state index < -0.39 is 24.5 Å². The Morgan fingerprint density at radius 1 is 1.06 bits per heavy atom. The number of carbonyl (C=O) groups is 3. The second-order valence-corrected chi connectivity index (χ2v) is 7.93. The summed E-state index contributed by atoms with van der Waals surface area (Å²) in [6.07, 6.45) is 1.44. The number of nitrogens with one attached hydrogen (secondary N) is 1. The third-order valence-electron chi connectivity index (χ3n) is 3.87. The van der Waals surface area contributed by atoms with Crippen LogP contribution >= 0.6 is 34.5 Å². The maximum absolute atomic E-state index is 12.4. The van der Waals surface area contributed by atoms with Gasteiger partial charge in [0, 0.05) is 21.7 Å². The summed E-state index contributed by atoms with van der Waals surface area (Å²) in [5.74, 6) is -1.95. The van der Waals surface area contributed by atoms with E-state index in [0.29, 0.717) is 20.5 Å². The first-order valence-electron chi connectivity index (χ1n) is 9.03. The number of esters is 2. The number of halogens is 2. The number of anilines is 1. The fourth-order valence-electron chi connectivity index (χ4n) is 2.53. The number of hydrogen-bond acceptors (Lipinski definition) is 7. The Bertz CT molecular complexity index is 1120. The fourth-order valence-corrected chi connectivity index (χ4v) is 4.14. The summed E-state index contributed by atoms with van der Waals surface area (Å²) in [7, 11) is 0. The van der Waals surface area contributed by atoms with Gasteiger partial charge in [-0.3, -0.25) is 4.79 Å². The van der Waals surface area contributed by atoms with Gasteiger partial charge in [0.05, 0.1) is 17.3 Å². The maximum atomic E-state index is 12.4. The van der Waals surface area contributed by atoms with Gasteiger partial charge in [0.25, 0.3) is 5.91 Å². The van der Waals surface area contributed by atoms with Crippen molar-refractivity contribution in [3.8, 4) is 10.4 Å². The first-order valence-corrected chi connectivity index (χ1v) is 10.6. The number of amides is 1. The van der Waals surface area contributed by atoms with Crippen molar-refractivity contribution >= 4 is 58.1 Å². The Kier molecular flexibility index (Phi) is 7.62. The van der Waals surface area contributed by atoms with Gasteiger partial charge in [-0.25, -0.2) is 14.6 Å². The van der Waals surface area contributed by atoms with E-state index >= 15 is 0 Å². The third kappa shape index (κ3) is 5.81. The van der Waals surface area contributed by atoms with E-state index in [0.717, 1.165) is 11.3 Å². The van der Waals surface area contributed by atoms with Crippen molar-refractivity contribution in [1.29, 1.82) is 0 Å². The third-order valence-corrected chi connectivity index (χ3v) is 5.57. The minimum absolute atomic E-state index is 0.0812. The van der Waals surface area contributed by atoms with Crippen molar-refractivity contribution in [2.45, 2.75) is 6.92 Å². The lowest BCUT2D eigenvalue weighted by molar-refractivity contribution is -0.119. The van der Waals surface area contributed by atoms with Gasteiger partial charge in [-0.1, -0.05) is 35.3 Å². The molecule has 0 saturated heterocycles. The molecule has 0 unspecified atom stereocenters. The van der Waals surface area contributed by atoms with Gasteiger partial charge in [0.1, 0.15) is 10.6 Å². The van der Waals surface area contributed by atoms with Crippen LogP contribution in [0.15, 0.2) is 48.7 Å². The number of ether oxygens (including phenoxy) is 2. The molecule has 2 aromatic heterocycles. The number of rotatable bonds is 7. The Balaban J connectivity index is 1.78. The van der Waals surface area contributed by atoms with Crippen LogP contribution in [0.5, 0.6) is 0 Å². The summed E-state index contributed by atoms with van der Waals surface area (Å²) in [6, 6.07) is 11.3. The van der Waals surface area contributed by atoms with E-state index in [2.05, 4.69) is 10.3 Å². The van der Waals surface area contributed by atoms with Gasteiger partial charge >= 0.3 is 11.9 Å². The number of thiophene rings is 1. The Morgan fingerprint density at radius 2 is 1.87 bits per heavy atom. The number of benzene rings is 1. The summed E-state index contributed by atoms with van der Waals surface area (Å²) < 4.78 is 10.0. The van der Waals surface area contributed by atoms with Gasteiger partial charge in [-0.05, 0) is 37.3 Å². The predicted octanol–water partition coefficient (Wildman–Crippen LogP) is 5.09. The number of hydrogen-bond donors (Lipinski definition) is 1. The number of pyridine rings is 1. The van der Waals surface area contributed by atoms with Crippen LogP contribution in [-0.4, -0.2) is 36.0 Å². The molecule has 0 radical (unpaired) electrons. The molecule has 0 bridgehead atoms. The number of carbonyl (C=O) groups excluding carboxylic acids is 3. The van der Waals surface area contributed by atoms with E-state index in [1.807, 2.05) is 0 Å². The second-order valence-electron chi connectivity index (χ2n) is 6.04. The molecule has 31 heavy (non-hydrogen) atoms. The van der Waals surface area contributed by atoms with Gasteiger partial charge < -0.3 is 14.8 Å². The van der Waals surface area contributed by atoms with Crippen molar-refractivity contribution in [1.82, 2.24) is 4.98 Å². The van der Waals surface area contributed by atoms with E-state index in [-0.39, 0.29) is 22.9 Å². The van der Waals surface area contributed by atoms with Crippen LogP contribution in [0.3, 0.4) is 0 Å². The Hall–Kier alpha value is -2.94. The van der Waals surface area contributed by atoms with Crippen molar-refractivity contribution in [3.05, 3.63) is 69.3 Å². The molecule has 10 heteroatoms. The Labute approximate surface area is 191 Å². The Morgan fingerprint density at radius 3 is 2.55 bits per heavy atom. The molecule has 0 atom stereocenters. The van der Waals surface area contributed by atoms with Crippen molar-refractivity contribution in [3.63, 3.8) is 0 Å². The average Bonchev–Trinajstić information content (AvgIpc) is 3.16. The number of nitrogens with zero attached hydrogens (tertiary/aromatic N) is 1. The molecular weight excluding hydrogens is 463 g/mol. The van der Waals surface area contributed by atoms with E-state index in [4.69, 9.17) is 32.7 Å². The zero-order valence-electron chi connectivity index (χ0n) is 16.2. The molecule has 160 valence electrons. The van der Waals surface area contributed by atoms with Gasteiger partial charge in [0.15, 0.2) is 6.61 Å². The summed E-state index contributed by atoms with van der Waals surface area (Å²) in [5.41, 5.74) is 0.949. The molecule has 0 fully saturated rings. The monoisotopic (exact) mass is 478 g/mol. The molecule has 0 aliphatic carbocycles. The van der Waals surface area contributed by atoms with Crippen LogP contribution in [0, 0.1) is 0 Å². The van der Waals surface area contributed by atoms with E-state index in [1.165, 1.54) is 12.3 Å². The van der Waals surface area contributed by atoms with Crippen LogP contribution in [0.4, 0.5) is 5.69 Å². The molecule has 1 amide bonds. The number of aromatic nitrogens is 1. The van der Waals surface area contributed by atoms with E-state index in [9.17, 15) is 14.4 Å². The van der Waals surface area contributed by atoms with E-state index in [1.54, 1.807) is 43.3 Å². The van der Waals surface area contributed by atoms with Gasteiger partial charge in [-0.2, -0.15) is 0 Å². The minimum Gasteiger partial charge on any atom is -0.462 e. The van der Waals surface area contributed by atoms with Crippen LogP contribution in [-0.2, 0) is 14.3 Å². The summed E-state index contributed by atoms with van der Waals surface area (Å²) in [4.78, 5) is 41.3. The first kappa shape index (κ1) is 22.7. The molecule has 0 spiro atoms. The molecular formula is C21H16Cl2N2O5S. The van der Waals surface area contributed by atoms with Gasteiger partial charge in [-0.15, -0.1) is 11.3 Å². The molecule has 1 N–H and O–H groups in total.